The Kier molecular flexibility index (Phi) is 8.81. The van der Waals surface area contributed by atoms with Gasteiger partial charge < -0.3 is 29.7 Å². The third-order valence-electron chi connectivity index (χ3n) is 8.96. The predicted octanol–water partition coefficient (Wildman–Crippen LogP) is 2.68. The van der Waals surface area contributed by atoms with Gasteiger partial charge in [-0.2, -0.15) is 0 Å². The van der Waals surface area contributed by atoms with Crippen molar-refractivity contribution in [1.82, 2.24) is 15.1 Å². The maximum absolute atomic E-state index is 14.4. The van der Waals surface area contributed by atoms with Gasteiger partial charge >= 0.3 is 5.97 Å². The van der Waals surface area contributed by atoms with Gasteiger partial charge in [-0.3, -0.25) is 19.2 Å². The van der Waals surface area contributed by atoms with Crippen molar-refractivity contribution < 1.29 is 33.8 Å². The summed E-state index contributed by atoms with van der Waals surface area (Å²) in [6.07, 6.45) is 7.20. The molecule has 2 saturated heterocycles. The molecule has 10 heteroatoms. The minimum atomic E-state index is -1.38. The molecule has 0 radical (unpaired) electrons. The minimum absolute atomic E-state index is 0.0306. The number of amides is 3. The molecule has 4 aliphatic rings. The monoisotopic (exact) mass is 593 g/mol. The Bertz CT molecular complexity index is 1290. The molecule has 232 valence electrons. The first-order valence-electron chi connectivity index (χ1n) is 15.3. The van der Waals surface area contributed by atoms with E-state index in [1.54, 1.807) is 28.9 Å². The Morgan fingerprint density at radius 1 is 1.05 bits per heavy atom. The van der Waals surface area contributed by atoms with Crippen molar-refractivity contribution >= 4 is 23.7 Å². The first kappa shape index (κ1) is 30.9. The van der Waals surface area contributed by atoms with E-state index in [-0.39, 0.29) is 37.3 Å². The van der Waals surface area contributed by atoms with Crippen LogP contribution in [0.1, 0.15) is 65.0 Å². The number of fused-ring (bicyclic) bond motifs is 2. The predicted molar refractivity (Wildman–Crippen MR) is 158 cm³/mol. The number of nitrogens with zero attached hydrogens (tertiary/aromatic N) is 2. The molecule has 43 heavy (non-hydrogen) atoms. The third-order valence-corrected chi connectivity index (χ3v) is 8.96. The number of carbonyl (C=O) groups is 4. The van der Waals surface area contributed by atoms with Gasteiger partial charge in [-0.15, -0.1) is 0 Å². The fourth-order valence-electron chi connectivity index (χ4n) is 6.94. The van der Waals surface area contributed by atoms with Gasteiger partial charge in [0.25, 0.3) is 0 Å². The lowest BCUT2D eigenvalue weighted by atomic mass is 9.77. The molecule has 1 aromatic rings. The summed E-state index contributed by atoms with van der Waals surface area (Å²) < 4.78 is 12.9. The van der Waals surface area contributed by atoms with Crippen molar-refractivity contribution in [2.75, 3.05) is 19.7 Å². The number of nitrogens with one attached hydrogen (secondary N) is 1. The van der Waals surface area contributed by atoms with Crippen molar-refractivity contribution in [1.29, 1.82) is 0 Å². The van der Waals surface area contributed by atoms with Gasteiger partial charge in [-0.25, -0.2) is 0 Å². The van der Waals surface area contributed by atoms with Gasteiger partial charge in [0.2, 0.25) is 17.7 Å². The summed E-state index contributed by atoms with van der Waals surface area (Å²) in [5, 5.41) is 12.4. The lowest BCUT2D eigenvalue weighted by molar-refractivity contribution is -0.161. The average molecular weight is 594 g/mol. The molecule has 2 N–H and O–H groups in total. The van der Waals surface area contributed by atoms with Crippen LogP contribution in [0.25, 0.3) is 0 Å². The first-order valence-corrected chi connectivity index (χ1v) is 15.3. The number of hydrogen-bond donors (Lipinski definition) is 2. The standard InChI is InChI=1S/C33H43N3O7/c1-21-27(22-13-6-5-7-14-22)42-31(41)25-23(15-8-9-16-24(38)34-21)43-33-17-12-19-36(32(2,3)4)30(40)28(33)35(18-10-11-20-37)29(39)26(25)33/h5-8,12-15,17,21,23,25-28,37H,9-11,16,18-20H2,1-4H3,(H,34,38)/b15-8-/t21-,23-,25+,26+,27+,28-,33+/m1/s1. The molecule has 2 fully saturated rings. The molecule has 4 aliphatic heterocycles. The van der Waals surface area contributed by atoms with Gasteiger partial charge in [-0.05, 0) is 52.5 Å². The number of carbonyl (C=O) groups excluding carboxylic acids is 4. The zero-order chi connectivity index (χ0) is 30.9. The number of rotatable bonds is 5. The van der Waals surface area contributed by atoms with E-state index in [4.69, 9.17) is 9.47 Å². The largest absolute Gasteiger partial charge is 0.455 e. The molecule has 5 rings (SSSR count). The van der Waals surface area contributed by atoms with E-state index in [0.29, 0.717) is 31.4 Å². The fraction of sp³-hybridized carbons (Fsp3) is 0.576. The highest BCUT2D eigenvalue weighted by Gasteiger charge is 2.72. The fourth-order valence-corrected chi connectivity index (χ4v) is 6.94. The maximum atomic E-state index is 14.4. The molecule has 0 saturated carbocycles. The number of benzene rings is 1. The normalized spacial score (nSPS) is 33.9. The number of aliphatic hydroxyl groups is 1. The van der Waals surface area contributed by atoms with Crippen LogP contribution in [0.4, 0.5) is 0 Å². The molecule has 10 nitrogen and oxygen atoms in total. The SMILES string of the molecule is C[C@H]1NC(=O)CC/C=C\[C@H]2O[C@]34C=CCN(C(C)(C)C)C(=O)[C@H]3N(CCCCO)C(=O)[C@@H]4[C@H]2C(=O)O[C@@H]1c1ccccc1. The van der Waals surface area contributed by atoms with Gasteiger partial charge in [0.05, 0.1) is 18.1 Å². The van der Waals surface area contributed by atoms with E-state index in [1.807, 2.05) is 63.3 Å². The Morgan fingerprint density at radius 2 is 1.79 bits per heavy atom. The van der Waals surface area contributed by atoms with Crippen LogP contribution in [0.15, 0.2) is 54.6 Å². The number of cyclic esters (lactones) is 1. The van der Waals surface area contributed by atoms with Gasteiger partial charge in [0, 0.05) is 31.7 Å². The van der Waals surface area contributed by atoms with Crippen molar-refractivity contribution in [2.45, 2.75) is 88.8 Å². The van der Waals surface area contributed by atoms with E-state index in [0.717, 1.165) is 0 Å². The molecule has 0 aliphatic carbocycles. The van der Waals surface area contributed by atoms with Crippen LogP contribution >= 0.6 is 0 Å². The van der Waals surface area contributed by atoms with Crippen LogP contribution in [0.2, 0.25) is 0 Å². The van der Waals surface area contributed by atoms with Gasteiger partial charge in [0.15, 0.2) is 0 Å². The molecular formula is C33H43N3O7. The lowest BCUT2D eigenvalue weighted by Gasteiger charge is -2.40. The van der Waals surface area contributed by atoms with Gasteiger partial charge in [0.1, 0.15) is 23.7 Å². The molecular weight excluding hydrogens is 550 g/mol. The minimum Gasteiger partial charge on any atom is -0.455 e. The van der Waals surface area contributed by atoms with Crippen molar-refractivity contribution in [3.8, 4) is 0 Å². The number of unbranched alkanes of at least 4 members (excludes halogenated alkanes) is 1. The number of hydrogen-bond acceptors (Lipinski definition) is 7. The van der Waals surface area contributed by atoms with Crippen LogP contribution in [0.5, 0.6) is 0 Å². The Balaban J connectivity index is 1.60. The van der Waals surface area contributed by atoms with E-state index in [9.17, 15) is 24.3 Å². The highest BCUT2D eigenvalue weighted by atomic mass is 16.6. The summed E-state index contributed by atoms with van der Waals surface area (Å²) in [7, 11) is 0. The summed E-state index contributed by atoms with van der Waals surface area (Å²) in [6.45, 7) is 8.20. The first-order chi connectivity index (χ1) is 20.5. The molecule has 0 bridgehead atoms. The van der Waals surface area contributed by atoms with Crippen LogP contribution in [0, 0.1) is 11.8 Å². The smallest absolute Gasteiger partial charge is 0.313 e. The van der Waals surface area contributed by atoms with E-state index < -0.39 is 53.2 Å². The third kappa shape index (κ3) is 5.74. The number of allylic oxidation sites excluding steroid dienone is 1. The second-order valence-corrected chi connectivity index (χ2v) is 12.9. The van der Waals surface area contributed by atoms with Crippen LogP contribution in [-0.4, -0.2) is 87.6 Å². The number of likely N-dealkylation sites (tertiary alicyclic amines) is 1. The van der Waals surface area contributed by atoms with E-state index >= 15 is 0 Å². The van der Waals surface area contributed by atoms with Crippen LogP contribution in [-0.2, 0) is 28.7 Å². The summed E-state index contributed by atoms with van der Waals surface area (Å²) in [4.78, 5) is 58.9. The van der Waals surface area contributed by atoms with Crippen molar-refractivity contribution in [3.05, 3.63) is 60.2 Å². The van der Waals surface area contributed by atoms with Crippen molar-refractivity contribution in [3.63, 3.8) is 0 Å². The number of aliphatic hydroxyl groups excluding tert-OH is 1. The second kappa shape index (κ2) is 12.2. The highest BCUT2D eigenvalue weighted by molar-refractivity contribution is 5.99. The number of ether oxygens (including phenoxy) is 2. The van der Waals surface area contributed by atoms with E-state index in [1.165, 1.54) is 0 Å². The Morgan fingerprint density at radius 3 is 2.49 bits per heavy atom. The lowest BCUT2D eigenvalue weighted by Crippen LogP contribution is -2.58. The van der Waals surface area contributed by atoms with Crippen LogP contribution in [0.3, 0.4) is 0 Å². The summed E-state index contributed by atoms with van der Waals surface area (Å²) in [6, 6.07) is 7.71. The molecule has 0 unspecified atom stereocenters. The second-order valence-electron chi connectivity index (χ2n) is 12.9. The summed E-state index contributed by atoms with van der Waals surface area (Å²) in [5.74, 6) is -3.35. The topological polar surface area (TPSA) is 125 Å². The molecule has 1 spiro atoms. The quantitative estimate of drug-likeness (QED) is 0.306. The number of esters is 1. The molecule has 1 aromatic carbocycles. The average Bonchev–Trinajstić information content (AvgIpc) is 3.33. The van der Waals surface area contributed by atoms with E-state index in [2.05, 4.69) is 5.32 Å². The van der Waals surface area contributed by atoms with Crippen LogP contribution < -0.4 is 5.32 Å². The van der Waals surface area contributed by atoms with Crippen molar-refractivity contribution in [2.24, 2.45) is 11.8 Å². The summed E-state index contributed by atoms with van der Waals surface area (Å²) in [5.41, 5.74) is -1.18. The molecule has 3 amide bonds. The Hall–Kier alpha value is -3.50. The van der Waals surface area contributed by atoms with Gasteiger partial charge in [-0.1, -0.05) is 54.6 Å². The summed E-state index contributed by atoms with van der Waals surface area (Å²) >= 11 is 0. The molecule has 4 heterocycles. The zero-order valence-electron chi connectivity index (χ0n) is 25.4. The Labute approximate surface area is 253 Å². The highest BCUT2D eigenvalue weighted by Crippen LogP contribution is 2.53. The zero-order valence-corrected chi connectivity index (χ0v) is 25.4. The maximum Gasteiger partial charge on any atom is 0.313 e. The molecule has 7 atom stereocenters. The molecule has 0 aromatic heterocycles.